The fourth-order valence-corrected chi connectivity index (χ4v) is 2.49. The topological polar surface area (TPSA) is 128 Å². The molecule has 0 saturated heterocycles. The molecule has 11 nitrogen and oxygen atoms in total. The number of carbonyl (C=O) groups excluding carboxylic acids is 3. The third kappa shape index (κ3) is 4.68. The molecule has 0 aliphatic carbocycles. The van der Waals surface area contributed by atoms with Crippen molar-refractivity contribution in [2.24, 2.45) is 0 Å². The molecule has 2 heterocycles. The van der Waals surface area contributed by atoms with Gasteiger partial charge in [-0.1, -0.05) is 11.3 Å². The highest BCUT2D eigenvalue weighted by molar-refractivity contribution is 6.00. The van der Waals surface area contributed by atoms with Crippen molar-refractivity contribution in [2.45, 2.75) is 32.3 Å². The Morgan fingerprint density at radius 1 is 1.19 bits per heavy atom. The van der Waals surface area contributed by atoms with Crippen LogP contribution < -0.4 is 0 Å². The van der Waals surface area contributed by atoms with Crippen LogP contribution in [0.25, 0.3) is 0 Å². The van der Waals surface area contributed by atoms with Crippen LogP contribution >= 0.6 is 0 Å². The molecule has 0 N–H and O–H groups in total. The summed E-state index contributed by atoms with van der Waals surface area (Å²) in [6, 6.07) is -0.707. The van der Waals surface area contributed by atoms with Gasteiger partial charge in [0.25, 0.3) is 0 Å². The van der Waals surface area contributed by atoms with E-state index in [1.807, 2.05) is 0 Å². The van der Waals surface area contributed by atoms with Gasteiger partial charge in [-0.05, 0) is 13.0 Å². The maximum absolute atomic E-state index is 12.2. The largest absolute Gasteiger partial charge is 0.464 e. The van der Waals surface area contributed by atoms with E-state index in [9.17, 15) is 14.4 Å². The van der Waals surface area contributed by atoms with Crippen LogP contribution in [-0.2, 0) is 28.5 Å². The van der Waals surface area contributed by atoms with Crippen LogP contribution in [0.4, 0.5) is 0 Å². The van der Waals surface area contributed by atoms with Crippen LogP contribution in [0, 0.1) is 0 Å². The summed E-state index contributed by atoms with van der Waals surface area (Å²) in [4.78, 5) is 35.3. The normalized spacial score (nSPS) is 21.6. The van der Waals surface area contributed by atoms with E-state index in [2.05, 4.69) is 15.0 Å². The molecule has 0 spiro atoms. The Morgan fingerprint density at radius 3 is 2.48 bits per heavy atom. The predicted octanol–water partition coefficient (Wildman–Crippen LogP) is 0.273. The second-order valence-corrected chi connectivity index (χ2v) is 5.39. The average molecular weight is 383 g/mol. The van der Waals surface area contributed by atoms with Crippen LogP contribution in [0.3, 0.4) is 0 Å². The monoisotopic (exact) mass is 383 g/mol. The van der Waals surface area contributed by atoms with Gasteiger partial charge >= 0.3 is 17.9 Å². The van der Waals surface area contributed by atoms with Gasteiger partial charge in [0.2, 0.25) is 5.69 Å². The minimum atomic E-state index is -0.842. The molecule has 0 amide bonds. The van der Waals surface area contributed by atoms with E-state index < -0.39 is 36.3 Å². The maximum Gasteiger partial charge on any atom is 0.361 e. The molecule has 1 aromatic heterocycles. The molecule has 11 heteroatoms. The second-order valence-electron chi connectivity index (χ2n) is 5.39. The molecule has 0 fully saturated rings. The van der Waals surface area contributed by atoms with Crippen LogP contribution in [0.5, 0.6) is 0 Å². The molecular weight excluding hydrogens is 362 g/mol. The zero-order valence-corrected chi connectivity index (χ0v) is 15.4. The molecule has 1 aromatic rings. The summed E-state index contributed by atoms with van der Waals surface area (Å²) in [6.45, 7) is 3.35. The van der Waals surface area contributed by atoms with Crippen LogP contribution in [-0.4, -0.2) is 72.7 Å². The maximum atomic E-state index is 12.2. The Hall–Kier alpha value is -2.79. The fourth-order valence-electron chi connectivity index (χ4n) is 2.49. The SMILES string of the molecule is CCO[C@@H]1C=C[C@H](n2nnc(C(=O)OC)c2C(=O)OC)[C@@H](COC(C)=O)O1. The third-order valence-corrected chi connectivity index (χ3v) is 3.67. The molecule has 1 aliphatic heterocycles. The first-order valence-electron chi connectivity index (χ1n) is 8.13. The molecule has 1 aliphatic rings. The van der Waals surface area contributed by atoms with E-state index in [1.165, 1.54) is 11.6 Å². The third-order valence-electron chi connectivity index (χ3n) is 3.67. The molecule has 0 bridgehead atoms. The summed E-state index contributed by atoms with van der Waals surface area (Å²) >= 11 is 0. The van der Waals surface area contributed by atoms with E-state index in [1.54, 1.807) is 19.1 Å². The van der Waals surface area contributed by atoms with E-state index in [0.29, 0.717) is 6.61 Å². The molecule has 3 atom stereocenters. The van der Waals surface area contributed by atoms with Gasteiger partial charge in [0.15, 0.2) is 12.0 Å². The smallest absolute Gasteiger partial charge is 0.361 e. The van der Waals surface area contributed by atoms with Crippen molar-refractivity contribution in [3.05, 3.63) is 23.5 Å². The van der Waals surface area contributed by atoms with Crippen LogP contribution in [0.15, 0.2) is 12.2 Å². The first-order valence-corrected chi connectivity index (χ1v) is 8.13. The lowest BCUT2D eigenvalue weighted by Gasteiger charge is -2.32. The first kappa shape index (κ1) is 20.5. The quantitative estimate of drug-likeness (QED) is 0.368. The van der Waals surface area contributed by atoms with Crippen molar-refractivity contribution in [3.63, 3.8) is 0 Å². The molecule has 0 saturated carbocycles. The van der Waals surface area contributed by atoms with Gasteiger partial charge in [-0.3, -0.25) is 4.79 Å². The van der Waals surface area contributed by atoms with Crippen molar-refractivity contribution < 1.29 is 38.1 Å². The zero-order valence-electron chi connectivity index (χ0n) is 15.4. The second kappa shape index (κ2) is 9.24. The van der Waals surface area contributed by atoms with Gasteiger partial charge in [-0.2, -0.15) is 0 Å². The number of methoxy groups -OCH3 is 2. The molecular formula is C16H21N3O8. The molecule has 148 valence electrons. The van der Waals surface area contributed by atoms with Gasteiger partial charge in [-0.15, -0.1) is 5.10 Å². The van der Waals surface area contributed by atoms with Gasteiger partial charge in [-0.25, -0.2) is 14.3 Å². The standard InChI is InChI=1S/C16H21N3O8/c1-5-25-12-7-6-10(11(27-12)8-26-9(2)20)19-14(16(22)24-4)13(17-18-19)15(21)23-3/h6-7,10-12H,5,8H2,1-4H3/t10-,11+,12-/m0/s1. The Balaban J connectivity index is 2.43. The molecule has 0 radical (unpaired) electrons. The van der Waals surface area contributed by atoms with E-state index in [-0.39, 0.29) is 18.0 Å². The Morgan fingerprint density at radius 2 is 1.89 bits per heavy atom. The predicted molar refractivity (Wildman–Crippen MR) is 87.8 cm³/mol. The Kier molecular flexibility index (Phi) is 7.02. The lowest BCUT2D eigenvalue weighted by Crippen LogP contribution is -2.39. The zero-order chi connectivity index (χ0) is 20.0. The summed E-state index contributed by atoms with van der Waals surface area (Å²) < 4.78 is 26.7. The highest BCUT2D eigenvalue weighted by atomic mass is 16.7. The minimum absolute atomic E-state index is 0.123. The lowest BCUT2D eigenvalue weighted by molar-refractivity contribution is -0.177. The van der Waals surface area contributed by atoms with Crippen molar-refractivity contribution >= 4 is 17.9 Å². The highest BCUT2D eigenvalue weighted by Gasteiger charge is 2.36. The summed E-state index contributed by atoms with van der Waals surface area (Å²) in [6.07, 6.45) is 1.89. The fraction of sp³-hybridized carbons (Fsp3) is 0.562. The van der Waals surface area contributed by atoms with E-state index in [0.717, 1.165) is 14.2 Å². The van der Waals surface area contributed by atoms with Crippen molar-refractivity contribution in [3.8, 4) is 0 Å². The van der Waals surface area contributed by atoms with Crippen LogP contribution in [0.2, 0.25) is 0 Å². The minimum Gasteiger partial charge on any atom is -0.464 e. The van der Waals surface area contributed by atoms with Crippen molar-refractivity contribution in [1.82, 2.24) is 15.0 Å². The number of hydrogen-bond donors (Lipinski definition) is 0. The van der Waals surface area contributed by atoms with Crippen LogP contribution in [0.1, 0.15) is 40.9 Å². The number of carbonyl (C=O) groups is 3. The number of esters is 3. The van der Waals surface area contributed by atoms with Gasteiger partial charge in [0.1, 0.15) is 18.8 Å². The summed E-state index contributed by atoms with van der Waals surface area (Å²) in [5, 5.41) is 7.60. The average Bonchev–Trinajstić information content (AvgIpc) is 3.10. The summed E-state index contributed by atoms with van der Waals surface area (Å²) in [7, 11) is 2.32. The molecule has 0 aromatic carbocycles. The number of rotatable bonds is 7. The number of hydrogen-bond acceptors (Lipinski definition) is 10. The molecule has 27 heavy (non-hydrogen) atoms. The van der Waals surface area contributed by atoms with E-state index in [4.69, 9.17) is 18.9 Å². The summed E-state index contributed by atoms with van der Waals surface area (Å²) in [5.74, 6) is -2.17. The van der Waals surface area contributed by atoms with Gasteiger partial charge < -0.3 is 23.7 Å². The summed E-state index contributed by atoms with van der Waals surface area (Å²) in [5.41, 5.74) is -0.499. The first-order chi connectivity index (χ1) is 12.9. The number of ether oxygens (including phenoxy) is 5. The molecule has 2 rings (SSSR count). The lowest BCUT2D eigenvalue weighted by atomic mass is 10.1. The van der Waals surface area contributed by atoms with Crippen molar-refractivity contribution in [2.75, 3.05) is 27.4 Å². The van der Waals surface area contributed by atoms with Gasteiger partial charge in [0.05, 0.1) is 14.2 Å². The Labute approximate surface area is 155 Å². The molecule has 0 unspecified atom stereocenters. The highest BCUT2D eigenvalue weighted by Crippen LogP contribution is 2.26. The van der Waals surface area contributed by atoms with E-state index >= 15 is 0 Å². The number of nitrogens with zero attached hydrogens (tertiary/aromatic N) is 3. The van der Waals surface area contributed by atoms with Crippen molar-refractivity contribution in [1.29, 1.82) is 0 Å². The Bertz CT molecular complexity index is 729. The number of aromatic nitrogens is 3. The van der Waals surface area contributed by atoms with Gasteiger partial charge in [0, 0.05) is 13.5 Å².